The van der Waals surface area contributed by atoms with Gasteiger partial charge in [0.2, 0.25) is 9.84 Å². The molecule has 0 unspecified atom stereocenters. The van der Waals surface area contributed by atoms with E-state index < -0.39 is 103 Å². The highest BCUT2D eigenvalue weighted by Gasteiger charge is 2.38. The second kappa shape index (κ2) is 9.17. The lowest BCUT2D eigenvalue weighted by atomic mass is 9.96. The molecule has 0 bridgehead atoms. The summed E-state index contributed by atoms with van der Waals surface area (Å²) < 4.78 is 93.7. The fraction of sp³-hybridized carbons (Fsp3) is 0.0645. The number of benzene rings is 4. The smallest absolute Gasteiger partial charge is 0.266 e. The minimum absolute atomic E-state index is 0.00418. The molecule has 0 radical (unpaired) electrons. The molecule has 0 N–H and O–H groups in total. The number of sulfone groups is 1. The van der Waals surface area contributed by atoms with Gasteiger partial charge in [0.15, 0.2) is 5.78 Å². The number of fused-ring (bicyclic) bond motifs is 2. The van der Waals surface area contributed by atoms with E-state index in [4.69, 9.17) is 11.0 Å². The number of nitrogens with zero attached hydrogens (tertiary/aromatic N) is 2. The first-order chi connectivity index (χ1) is 22.8. The van der Waals surface area contributed by atoms with Gasteiger partial charge in [-0.1, -0.05) is 29.8 Å². The quantitative estimate of drug-likeness (QED) is 0.261. The van der Waals surface area contributed by atoms with Gasteiger partial charge in [0.1, 0.15) is 0 Å². The van der Waals surface area contributed by atoms with Gasteiger partial charge in [-0.25, -0.2) is 13.3 Å². The van der Waals surface area contributed by atoms with Crippen molar-refractivity contribution in [1.82, 2.24) is 4.90 Å². The van der Waals surface area contributed by atoms with E-state index in [1.54, 1.807) is 0 Å². The number of amides is 4. The van der Waals surface area contributed by atoms with Crippen LogP contribution >= 0.6 is 0 Å². The summed E-state index contributed by atoms with van der Waals surface area (Å²) in [5.74, 6) is -4.08. The Hall–Kier alpha value is -5.22. The fourth-order valence-electron chi connectivity index (χ4n) is 4.39. The van der Waals surface area contributed by atoms with E-state index in [2.05, 4.69) is 0 Å². The minimum atomic E-state index is -5.24. The summed E-state index contributed by atoms with van der Waals surface area (Å²) >= 11 is 0. The maximum absolute atomic E-state index is 13.7. The molecular weight excluding hydrogens is 544 g/mol. The fourth-order valence-corrected chi connectivity index (χ4v) is 5.34. The molecule has 2 aliphatic rings. The third kappa shape index (κ3) is 3.99. The molecule has 0 aromatic heterocycles. The highest BCUT2D eigenvalue weighted by atomic mass is 32.2. The van der Waals surface area contributed by atoms with Crippen LogP contribution in [0.5, 0.6) is 0 Å². The highest BCUT2D eigenvalue weighted by Crippen LogP contribution is 2.32. The van der Waals surface area contributed by atoms with Crippen LogP contribution in [0.3, 0.4) is 0 Å². The predicted octanol–water partition coefficient (Wildman–Crippen LogP) is 4.09. The van der Waals surface area contributed by atoms with Gasteiger partial charge in [-0.15, -0.1) is 0 Å². The van der Waals surface area contributed by atoms with Crippen molar-refractivity contribution in [1.29, 1.82) is 0 Å². The molecule has 41 heavy (non-hydrogen) atoms. The topological polar surface area (TPSA) is 126 Å². The predicted molar refractivity (Wildman–Crippen MR) is 147 cm³/mol. The van der Waals surface area contributed by atoms with Crippen molar-refractivity contribution in [2.24, 2.45) is 0 Å². The zero-order valence-electron chi connectivity index (χ0n) is 29.1. The van der Waals surface area contributed by atoms with E-state index in [0.717, 1.165) is 17.0 Å². The summed E-state index contributed by atoms with van der Waals surface area (Å²) in [6.45, 7) is 1.24. The van der Waals surface area contributed by atoms with E-state index in [9.17, 15) is 32.4 Å². The zero-order valence-corrected chi connectivity index (χ0v) is 21.9. The molecule has 202 valence electrons. The Kier molecular flexibility index (Phi) is 4.07. The van der Waals surface area contributed by atoms with Crippen molar-refractivity contribution in [3.63, 3.8) is 0 Å². The Morgan fingerprint density at radius 2 is 1.10 bits per heavy atom. The summed E-state index contributed by atoms with van der Waals surface area (Å²) in [6.07, 6.45) is 0. The number of rotatable bonds is 5. The second-order valence-corrected chi connectivity index (χ2v) is 10.9. The van der Waals surface area contributed by atoms with Crippen LogP contribution in [0.1, 0.15) is 73.9 Å². The molecule has 0 saturated heterocycles. The summed E-state index contributed by atoms with van der Waals surface area (Å²) in [7, 11) is -3.95. The number of ketones is 1. The van der Waals surface area contributed by atoms with E-state index in [-0.39, 0.29) is 38.9 Å². The highest BCUT2D eigenvalue weighted by molar-refractivity contribution is 7.91. The molecule has 4 aromatic carbocycles. The van der Waals surface area contributed by atoms with Crippen LogP contribution in [0.2, 0.25) is 0 Å². The van der Waals surface area contributed by atoms with E-state index in [1.807, 2.05) is 0 Å². The molecule has 0 aliphatic carbocycles. The standard InChI is InChI=1S/C31H20N2O7S/c1-17-3-9-21(10-4-17)41(39,40)22-11-7-20(8-12-22)33-30(37)24-14-6-19(16-26(24)31(33)38)27(34)18-5-13-23-25(15-18)29(36)32(2)28(23)35/h3-16H,1-2H3/i3D,4D,7D,8D,9D,10D,11D,12D. The summed E-state index contributed by atoms with van der Waals surface area (Å²) in [5.41, 5.74) is -1.68. The van der Waals surface area contributed by atoms with Gasteiger partial charge in [-0.2, -0.15) is 0 Å². The molecule has 0 fully saturated rings. The van der Waals surface area contributed by atoms with Crippen molar-refractivity contribution in [3.05, 3.63) is 124 Å². The first-order valence-electron chi connectivity index (χ1n) is 15.8. The molecule has 4 amide bonds. The van der Waals surface area contributed by atoms with E-state index >= 15 is 0 Å². The molecule has 0 saturated carbocycles. The first-order valence-corrected chi connectivity index (χ1v) is 13.3. The molecular formula is C31H20N2O7S. The Bertz CT molecular complexity index is 2370. The van der Waals surface area contributed by atoms with Crippen LogP contribution in [0.4, 0.5) is 5.69 Å². The average molecular weight is 573 g/mol. The number of carbonyl (C=O) groups excluding carboxylic acids is 5. The third-order valence-corrected chi connectivity index (χ3v) is 8.06. The molecule has 6 rings (SSSR count). The molecule has 9 nitrogen and oxygen atoms in total. The lowest BCUT2D eigenvalue weighted by Gasteiger charge is -2.14. The number of carbonyl (C=O) groups is 5. The third-order valence-electron chi connectivity index (χ3n) is 6.58. The van der Waals surface area contributed by atoms with Crippen molar-refractivity contribution in [3.8, 4) is 0 Å². The van der Waals surface area contributed by atoms with E-state index in [0.29, 0.717) is 4.90 Å². The van der Waals surface area contributed by atoms with Crippen LogP contribution in [-0.4, -0.2) is 49.8 Å². The first kappa shape index (κ1) is 18.2. The average Bonchev–Trinajstić information content (AvgIpc) is 3.44. The maximum Gasteiger partial charge on any atom is 0.266 e. The summed E-state index contributed by atoms with van der Waals surface area (Å²) in [4.78, 5) is 63.8. The minimum Gasteiger partial charge on any atom is -0.289 e. The van der Waals surface area contributed by atoms with Crippen molar-refractivity contribution in [2.45, 2.75) is 16.7 Å². The van der Waals surface area contributed by atoms with Gasteiger partial charge < -0.3 is 0 Å². The number of hydrogen-bond acceptors (Lipinski definition) is 7. The van der Waals surface area contributed by atoms with Crippen molar-refractivity contribution >= 4 is 44.9 Å². The number of imide groups is 2. The van der Waals surface area contributed by atoms with Gasteiger partial charge in [0, 0.05) is 18.2 Å². The van der Waals surface area contributed by atoms with Gasteiger partial charge in [0.05, 0.1) is 48.7 Å². The lowest BCUT2D eigenvalue weighted by molar-refractivity contribution is 0.0692. The maximum atomic E-state index is 13.7. The van der Waals surface area contributed by atoms with Crippen LogP contribution in [0.15, 0.2) is 94.5 Å². The molecule has 10 heteroatoms. The monoisotopic (exact) mass is 572 g/mol. The van der Waals surface area contributed by atoms with Gasteiger partial charge in [-0.05, 0) is 67.4 Å². The number of hydrogen-bond donors (Lipinski definition) is 0. The van der Waals surface area contributed by atoms with Crippen LogP contribution < -0.4 is 4.90 Å². The van der Waals surface area contributed by atoms with Gasteiger partial charge in [0.25, 0.3) is 23.6 Å². The van der Waals surface area contributed by atoms with Crippen LogP contribution in [0.25, 0.3) is 0 Å². The largest absolute Gasteiger partial charge is 0.289 e. The normalized spacial score (nSPS) is 17.2. The zero-order chi connectivity index (χ0) is 36.2. The Balaban J connectivity index is 1.42. The molecule has 4 aromatic rings. The molecule has 0 atom stereocenters. The molecule has 0 spiro atoms. The van der Waals surface area contributed by atoms with Crippen molar-refractivity contribution < 1.29 is 43.4 Å². The Morgan fingerprint density at radius 1 is 0.659 bits per heavy atom. The Morgan fingerprint density at radius 3 is 1.66 bits per heavy atom. The van der Waals surface area contributed by atoms with Crippen LogP contribution in [-0.2, 0) is 9.84 Å². The Labute approximate surface area is 245 Å². The second-order valence-electron chi connectivity index (χ2n) is 9.10. The van der Waals surface area contributed by atoms with Gasteiger partial charge >= 0.3 is 0 Å². The summed E-state index contributed by atoms with van der Waals surface area (Å²) in [6, 6.07) is -0.822. The molecule has 2 heterocycles. The molecule has 2 aliphatic heterocycles. The lowest BCUT2D eigenvalue weighted by Crippen LogP contribution is -2.29. The van der Waals surface area contributed by atoms with E-state index in [1.165, 1.54) is 38.2 Å². The van der Waals surface area contributed by atoms with Crippen LogP contribution in [0, 0.1) is 6.92 Å². The van der Waals surface area contributed by atoms with Crippen molar-refractivity contribution in [2.75, 3.05) is 11.9 Å². The van der Waals surface area contributed by atoms with Gasteiger partial charge in [-0.3, -0.25) is 28.9 Å². The summed E-state index contributed by atoms with van der Waals surface area (Å²) in [5, 5.41) is 0. The SMILES string of the molecule is [2H]c1c([2H])c(S(=O)(=O)c2c([2H])c([2H])c(N3C(=O)c4ccc(C(=O)c5ccc6c(c5)C(=O)N(C)C6=O)cc4C3=O)c([2H])c2[2H])c([2H])c([2H])c1C. The number of anilines is 1.